The zero-order valence-electron chi connectivity index (χ0n) is 9.35. The summed E-state index contributed by atoms with van der Waals surface area (Å²) in [6.07, 6.45) is -0.845. The summed E-state index contributed by atoms with van der Waals surface area (Å²) in [5.74, 6) is -3.08. The molecule has 98 valence electrons. The average Bonchev–Trinajstić information content (AvgIpc) is 2.26. The third-order valence-corrected chi connectivity index (χ3v) is 2.97. The van der Waals surface area contributed by atoms with Crippen LogP contribution in [-0.2, 0) is 10.0 Å². The minimum atomic E-state index is -4.35. The summed E-state index contributed by atoms with van der Waals surface area (Å²) in [6, 6.07) is 2.69. The number of sulfonamides is 1. The Labute approximate surface area is 103 Å². The van der Waals surface area contributed by atoms with Gasteiger partial charge < -0.3 is 4.74 Å². The molecule has 8 heteroatoms. The summed E-state index contributed by atoms with van der Waals surface area (Å²) in [6.45, 7) is 1.59. The standard InChI is InChI=1S/C10H10F2N2O3S/c1-2-7(5-13)17-10-8(12)3-6(11)4-9(10)18(14,15)16/h3-4,7H,2H2,1H3,(H2,14,15,16). The van der Waals surface area contributed by atoms with Gasteiger partial charge >= 0.3 is 0 Å². The summed E-state index contributed by atoms with van der Waals surface area (Å²) in [7, 11) is -4.35. The lowest BCUT2D eigenvalue weighted by atomic mass is 10.3. The van der Waals surface area contributed by atoms with Crippen molar-refractivity contribution >= 4 is 10.0 Å². The number of rotatable bonds is 4. The van der Waals surface area contributed by atoms with Crippen LogP contribution in [0.1, 0.15) is 13.3 Å². The molecule has 0 aliphatic carbocycles. The third-order valence-electron chi connectivity index (χ3n) is 2.06. The number of nitrogens with two attached hydrogens (primary N) is 1. The Morgan fingerprint density at radius 1 is 1.50 bits per heavy atom. The van der Waals surface area contributed by atoms with E-state index in [-0.39, 0.29) is 6.42 Å². The predicted molar refractivity (Wildman–Crippen MR) is 58.1 cm³/mol. The molecule has 18 heavy (non-hydrogen) atoms. The van der Waals surface area contributed by atoms with Crippen LogP contribution in [0.3, 0.4) is 0 Å². The number of halogens is 2. The summed E-state index contributed by atoms with van der Waals surface area (Å²) < 4.78 is 53.7. The molecule has 0 heterocycles. The predicted octanol–water partition coefficient (Wildman–Crippen LogP) is 1.29. The minimum absolute atomic E-state index is 0.206. The Bertz CT molecular complexity index is 596. The highest BCUT2D eigenvalue weighted by Gasteiger charge is 2.23. The first-order chi connectivity index (χ1) is 8.29. The van der Waals surface area contributed by atoms with E-state index in [9.17, 15) is 17.2 Å². The fraction of sp³-hybridized carbons (Fsp3) is 0.300. The molecule has 1 aromatic carbocycles. The highest BCUT2D eigenvalue weighted by molar-refractivity contribution is 7.89. The Morgan fingerprint density at radius 2 is 2.11 bits per heavy atom. The van der Waals surface area contributed by atoms with Gasteiger partial charge in [0.1, 0.15) is 16.8 Å². The quantitative estimate of drug-likeness (QED) is 0.896. The number of primary sulfonamides is 1. The lowest BCUT2D eigenvalue weighted by molar-refractivity contribution is 0.232. The van der Waals surface area contributed by atoms with E-state index in [1.165, 1.54) is 0 Å². The Morgan fingerprint density at radius 3 is 2.56 bits per heavy atom. The molecule has 0 aliphatic rings. The van der Waals surface area contributed by atoms with Gasteiger partial charge in [-0.1, -0.05) is 6.92 Å². The van der Waals surface area contributed by atoms with Crippen LogP contribution in [-0.4, -0.2) is 14.5 Å². The first kappa shape index (κ1) is 14.3. The summed E-state index contributed by atoms with van der Waals surface area (Å²) in [5, 5.41) is 13.5. The molecule has 0 spiro atoms. The second-order valence-corrected chi connectivity index (χ2v) is 4.93. The molecule has 0 amide bonds. The molecule has 0 radical (unpaired) electrons. The van der Waals surface area contributed by atoms with Crippen molar-refractivity contribution in [1.82, 2.24) is 0 Å². The second kappa shape index (κ2) is 5.29. The zero-order valence-corrected chi connectivity index (χ0v) is 10.2. The lowest BCUT2D eigenvalue weighted by Gasteiger charge is -2.14. The maximum atomic E-state index is 13.5. The number of nitrogens with zero attached hydrogens (tertiary/aromatic N) is 1. The van der Waals surface area contributed by atoms with E-state index in [1.807, 2.05) is 0 Å². The Kier molecular flexibility index (Phi) is 4.21. The molecule has 1 atom stereocenters. The van der Waals surface area contributed by atoms with Crippen molar-refractivity contribution < 1.29 is 21.9 Å². The fourth-order valence-electron chi connectivity index (χ4n) is 1.21. The first-order valence-corrected chi connectivity index (χ1v) is 6.42. The SMILES string of the molecule is CCC(C#N)Oc1c(F)cc(F)cc1S(N)(=O)=O. The zero-order chi connectivity index (χ0) is 13.9. The van der Waals surface area contributed by atoms with Crippen molar-refractivity contribution in [3.63, 3.8) is 0 Å². The Hall–Kier alpha value is -1.72. The van der Waals surface area contributed by atoms with Crippen molar-refractivity contribution in [2.75, 3.05) is 0 Å². The molecule has 2 N–H and O–H groups in total. The molecule has 0 aromatic heterocycles. The highest BCUT2D eigenvalue weighted by Crippen LogP contribution is 2.28. The molecule has 5 nitrogen and oxygen atoms in total. The van der Waals surface area contributed by atoms with Gasteiger partial charge in [0.15, 0.2) is 17.7 Å². The van der Waals surface area contributed by atoms with Crippen LogP contribution < -0.4 is 9.88 Å². The van der Waals surface area contributed by atoms with E-state index in [2.05, 4.69) is 0 Å². The number of benzene rings is 1. The maximum absolute atomic E-state index is 13.5. The van der Waals surface area contributed by atoms with E-state index in [0.29, 0.717) is 12.1 Å². The van der Waals surface area contributed by atoms with Gasteiger partial charge in [-0.25, -0.2) is 22.3 Å². The maximum Gasteiger partial charge on any atom is 0.241 e. The van der Waals surface area contributed by atoms with Crippen LogP contribution in [0.15, 0.2) is 17.0 Å². The summed E-state index contributed by atoms with van der Waals surface area (Å²) in [5.41, 5.74) is 0. The van der Waals surface area contributed by atoms with Gasteiger partial charge in [-0.15, -0.1) is 0 Å². The average molecular weight is 276 g/mol. The molecule has 0 fully saturated rings. The monoisotopic (exact) mass is 276 g/mol. The molecule has 1 unspecified atom stereocenters. The van der Waals surface area contributed by atoms with E-state index in [1.54, 1.807) is 13.0 Å². The van der Waals surface area contributed by atoms with Crippen molar-refractivity contribution in [3.8, 4) is 11.8 Å². The molecular formula is C10H10F2N2O3S. The van der Waals surface area contributed by atoms with Crippen LogP contribution in [0.25, 0.3) is 0 Å². The second-order valence-electron chi connectivity index (χ2n) is 3.40. The van der Waals surface area contributed by atoms with Gasteiger partial charge in [0.25, 0.3) is 0 Å². The summed E-state index contributed by atoms with van der Waals surface area (Å²) in [4.78, 5) is -0.825. The van der Waals surface area contributed by atoms with Gasteiger partial charge in [-0.05, 0) is 12.5 Å². The normalized spacial score (nSPS) is 12.8. The van der Waals surface area contributed by atoms with Crippen LogP contribution in [0.4, 0.5) is 8.78 Å². The molecule has 0 bridgehead atoms. The number of ether oxygens (including phenoxy) is 1. The number of hydrogen-bond acceptors (Lipinski definition) is 4. The molecule has 0 saturated carbocycles. The van der Waals surface area contributed by atoms with Crippen LogP contribution in [0.5, 0.6) is 5.75 Å². The number of hydrogen-bond donors (Lipinski definition) is 1. The van der Waals surface area contributed by atoms with Gasteiger partial charge in [0.05, 0.1) is 0 Å². The minimum Gasteiger partial charge on any atom is -0.471 e. The molecular weight excluding hydrogens is 266 g/mol. The van der Waals surface area contributed by atoms with E-state index < -0.39 is 38.4 Å². The molecule has 0 saturated heterocycles. The van der Waals surface area contributed by atoms with Gasteiger partial charge in [-0.3, -0.25) is 0 Å². The van der Waals surface area contributed by atoms with Crippen molar-refractivity contribution in [1.29, 1.82) is 5.26 Å². The van der Waals surface area contributed by atoms with Crippen LogP contribution >= 0.6 is 0 Å². The lowest BCUT2D eigenvalue weighted by Crippen LogP contribution is -2.19. The van der Waals surface area contributed by atoms with E-state index in [4.69, 9.17) is 15.1 Å². The molecule has 1 aromatic rings. The topological polar surface area (TPSA) is 93.2 Å². The summed E-state index contributed by atoms with van der Waals surface area (Å²) >= 11 is 0. The van der Waals surface area contributed by atoms with Gasteiger partial charge in [-0.2, -0.15) is 5.26 Å². The van der Waals surface area contributed by atoms with Crippen molar-refractivity contribution in [2.24, 2.45) is 5.14 Å². The van der Waals surface area contributed by atoms with Gasteiger partial charge in [0.2, 0.25) is 10.0 Å². The van der Waals surface area contributed by atoms with Crippen LogP contribution in [0, 0.1) is 23.0 Å². The Balaban J connectivity index is 3.39. The van der Waals surface area contributed by atoms with Crippen molar-refractivity contribution in [2.45, 2.75) is 24.3 Å². The smallest absolute Gasteiger partial charge is 0.241 e. The van der Waals surface area contributed by atoms with Gasteiger partial charge in [0, 0.05) is 6.07 Å². The fourth-order valence-corrected chi connectivity index (χ4v) is 1.89. The highest BCUT2D eigenvalue weighted by atomic mass is 32.2. The largest absolute Gasteiger partial charge is 0.471 e. The first-order valence-electron chi connectivity index (χ1n) is 4.87. The molecule has 1 rings (SSSR count). The number of nitriles is 1. The van der Waals surface area contributed by atoms with E-state index in [0.717, 1.165) is 0 Å². The van der Waals surface area contributed by atoms with Crippen LogP contribution in [0.2, 0.25) is 0 Å². The molecule has 0 aliphatic heterocycles. The van der Waals surface area contributed by atoms with Crippen molar-refractivity contribution in [3.05, 3.63) is 23.8 Å². The third kappa shape index (κ3) is 3.15. The van der Waals surface area contributed by atoms with E-state index >= 15 is 0 Å².